The fourth-order valence-electron chi connectivity index (χ4n) is 2.43. The standard InChI is InChI=1S/C20H21N3O6/c1-14(15-6-3-2-4-7-15)11-21-18(24)13-29-19(25)12-22-20(26)16-8-5-9-17(10-16)23(27)28/h2-10,14H,11-13H2,1H3,(H,21,24)(H,22,26)/t14-/m0/s1. The molecular formula is C20H21N3O6. The van der Waals surface area contributed by atoms with Crippen molar-refractivity contribution in [3.05, 3.63) is 75.8 Å². The van der Waals surface area contributed by atoms with Gasteiger partial charge in [0, 0.05) is 24.2 Å². The SMILES string of the molecule is C[C@@H](CNC(=O)COC(=O)CNC(=O)c1cccc([N+](=O)[O-])c1)c1ccccc1. The first-order valence-electron chi connectivity index (χ1n) is 8.86. The lowest BCUT2D eigenvalue weighted by Gasteiger charge is -2.13. The quantitative estimate of drug-likeness (QED) is 0.376. The molecule has 0 unspecified atom stereocenters. The first-order valence-corrected chi connectivity index (χ1v) is 8.86. The van der Waals surface area contributed by atoms with Crippen LogP contribution in [0.2, 0.25) is 0 Å². The number of hydrogen-bond donors (Lipinski definition) is 2. The van der Waals surface area contributed by atoms with Crippen LogP contribution in [0.4, 0.5) is 5.69 Å². The van der Waals surface area contributed by atoms with Crippen LogP contribution in [-0.2, 0) is 14.3 Å². The number of benzene rings is 2. The van der Waals surface area contributed by atoms with Crippen molar-refractivity contribution >= 4 is 23.5 Å². The topological polar surface area (TPSA) is 128 Å². The van der Waals surface area contributed by atoms with Gasteiger partial charge in [0.15, 0.2) is 6.61 Å². The van der Waals surface area contributed by atoms with E-state index in [-0.39, 0.29) is 17.2 Å². The van der Waals surface area contributed by atoms with Gasteiger partial charge in [-0.15, -0.1) is 0 Å². The zero-order valence-corrected chi connectivity index (χ0v) is 15.8. The van der Waals surface area contributed by atoms with Gasteiger partial charge in [0.2, 0.25) is 0 Å². The Morgan fingerprint density at radius 3 is 2.48 bits per heavy atom. The number of ether oxygens (including phenoxy) is 1. The number of rotatable bonds is 9. The molecule has 0 saturated carbocycles. The predicted octanol–water partition coefficient (Wildman–Crippen LogP) is 1.79. The van der Waals surface area contributed by atoms with E-state index in [1.54, 1.807) is 0 Å². The number of nitro groups is 1. The van der Waals surface area contributed by atoms with Gasteiger partial charge in [-0.05, 0) is 17.5 Å². The monoisotopic (exact) mass is 399 g/mol. The molecule has 0 fully saturated rings. The molecule has 2 amide bonds. The van der Waals surface area contributed by atoms with Crippen molar-refractivity contribution in [2.45, 2.75) is 12.8 Å². The second-order valence-corrected chi connectivity index (χ2v) is 6.27. The largest absolute Gasteiger partial charge is 0.454 e. The van der Waals surface area contributed by atoms with Gasteiger partial charge in [-0.1, -0.05) is 43.3 Å². The van der Waals surface area contributed by atoms with E-state index in [1.807, 2.05) is 37.3 Å². The molecule has 29 heavy (non-hydrogen) atoms. The molecule has 9 heteroatoms. The summed E-state index contributed by atoms with van der Waals surface area (Å²) < 4.78 is 4.82. The summed E-state index contributed by atoms with van der Waals surface area (Å²) in [5.41, 5.74) is 0.884. The van der Waals surface area contributed by atoms with Gasteiger partial charge in [-0.3, -0.25) is 24.5 Å². The van der Waals surface area contributed by atoms with Crippen LogP contribution in [0.25, 0.3) is 0 Å². The molecule has 0 aliphatic carbocycles. The zero-order valence-electron chi connectivity index (χ0n) is 15.8. The summed E-state index contributed by atoms with van der Waals surface area (Å²) in [6.45, 7) is 1.43. The molecule has 0 bridgehead atoms. The van der Waals surface area contributed by atoms with Gasteiger partial charge in [-0.2, -0.15) is 0 Å². The number of non-ortho nitro benzene ring substituents is 1. The van der Waals surface area contributed by atoms with E-state index in [0.29, 0.717) is 6.54 Å². The Morgan fingerprint density at radius 2 is 1.79 bits per heavy atom. The minimum absolute atomic E-state index is 0.0413. The second kappa shape index (κ2) is 10.5. The third-order valence-corrected chi connectivity index (χ3v) is 4.05. The molecule has 2 rings (SSSR count). The molecule has 152 valence electrons. The van der Waals surface area contributed by atoms with Crippen LogP contribution < -0.4 is 10.6 Å². The summed E-state index contributed by atoms with van der Waals surface area (Å²) in [5.74, 6) is -1.81. The van der Waals surface area contributed by atoms with Crippen molar-refractivity contribution in [2.24, 2.45) is 0 Å². The Hall–Kier alpha value is -3.75. The van der Waals surface area contributed by atoms with Crippen molar-refractivity contribution in [1.29, 1.82) is 0 Å². The lowest BCUT2D eigenvalue weighted by molar-refractivity contribution is -0.384. The molecule has 0 aliphatic rings. The van der Waals surface area contributed by atoms with Gasteiger partial charge in [0.1, 0.15) is 6.54 Å². The lowest BCUT2D eigenvalue weighted by atomic mass is 10.0. The van der Waals surface area contributed by atoms with E-state index in [1.165, 1.54) is 18.2 Å². The van der Waals surface area contributed by atoms with Crippen LogP contribution in [-0.4, -0.2) is 42.4 Å². The van der Waals surface area contributed by atoms with Gasteiger partial charge in [-0.25, -0.2) is 0 Å². The zero-order chi connectivity index (χ0) is 21.2. The van der Waals surface area contributed by atoms with Crippen LogP contribution in [0, 0.1) is 10.1 Å². The lowest BCUT2D eigenvalue weighted by Crippen LogP contribution is -2.35. The van der Waals surface area contributed by atoms with Crippen LogP contribution in [0.5, 0.6) is 0 Å². The Labute approximate surface area is 167 Å². The predicted molar refractivity (Wildman–Crippen MR) is 104 cm³/mol. The first-order chi connectivity index (χ1) is 13.9. The Kier molecular flexibility index (Phi) is 7.84. The van der Waals surface area contributed by atoms with E-state index in [2.05, 4.69) is 10.6 Å². The third kappa shape index (κ3) is 7.06. The smallest absolute Gasteiger partial charge is 0.325 e. The molecule has 0 aromatic heterocycles. The van der Waals surface area contributed by atoms with E-state index in [9.17, 15) is 24.5 Å². The highest BCUT2D eigenvalue weighted by atomic mass is 16.6. The molecule has 9 nitrogen and oxygen atoms in total. The highest BCUT2D eigenvalue weighted by molar-refractivity contribution is 5.96. The first kappa shape index (κ1) is 21.5. The van der Waals surface area contributed by atoms with Crippen LogP contribution >= 0.6 is 0 Å². The van der Waals surface area contributed by atoms with Gasteiger partial charge in [0.25, 0.3) is 17.5 Å². The summed E-state index contributed by atoms with van der Waals surface area (Å²) in [7, 11) is 0. The van der Waals surface area contributed by atoms with Crippen molar-refractivity contribution in [1.82, 2.24) is 10.6 Å². The summed E-state index contributed by atoms with van der Waals surface area (Å²) in [5, 5.41) is 15.7. The number of nitrogens with one attached hydrogen (secondary N) is 2. The summed E-state index contributed by atoms with van der Waals surface area (Å²) in [4.78, 5) is 45.6. The molecule has 0 saturated heterocycles. The van der Waals surface area contributed by atoms with Crippen LogP contribution in [0.3, 0.4) is 0 Å². The molecule has 2 aromatic rings. The maximum Gasteiger partial charge on any atom is 0.325 e. The molecule has 0 radical (unpaired) electrons. The number of nitrogens with zero attached hydrogens (tertiary/aromatic N) is 1. The van der Waals surface area contributed by atoms with Crippen LogP contribution in [0.15, 0.2) is 54.6 Å². The summed E-state index contributed by atoms with van der Waals surface area (Å²) in [6, 6.07) is 14.8. The Bertz CT molecular complexity index is 885. The number of carbonyl (C=O) groups excluding carboxylic acids is 3. The van der Waals surface area contributed by atoms with Crippen molar-refractivity contribution in [3.63, 3.8) is 0 Å². The van der Waals surface area contributed by atoms with Crippen molar-refractivity contribution in [2.75, 3.05) is 19.7 Å². The maximum atomic E-state index is 12.0. The summed E-state index contributed by atoms with van der Waals surface area (Å²) in [6.07, 6.45) is 0. The molecular weight excluding hydrogens is 378 g/mol. The van der Waals surface area contributed by atoms with E-state index >= 15 is 0 Å². The van der Waals surface area contributed by atoms with Gasteiger partial charge in [0.05, 0.1) is 4.92 Å². The van der Waals surface area contributed by atoms with Crippen LogP contribution in [0.1, 0.15) is 28.8 Å². The normalized spacial score (nSPS) is 11.2. The molecule has 0 spiro atoms. The van der Waals surface area contributed by atoms with Gasteiger partial charge < -0.3 is 15.4 Å². The molecule has 1 atom stereocenters. The third-order valence-electron chi connectivity index (χ3n) is 4.05. The minimum Gasteiger partial charge on any atom is -0.454 e. The van der Waals surface area contributed by atoms with Gasteiger partial charge >= 0.3 is 5.97 Å². The number of amides is 2. The second-order valence-electron chi connectivity index (χ2n) is 6.27. The molecule has 2 aromatic carbocycles. The highest BCUT2D eigenvalue weighted by Gasteiger charge is 2.14. The number of hydrogen-bond acceptors (Lipinski definition) is 6. The fraction of sp³-hybridized carbons (Fsp3) is 0.250. The fourth-order valence-corrected chi connectivity index (χ4v) is 2.43. The maximum absolute atomic E-state index is 12.0. The minimum atomic E-state index is -0.796. The Morgan fingerprint density at radius 1 is 1.07 bits per heavy atom. The summed E-state index contributed by atoms with van der Waals surface area (Å²) >= 11 is 0. The van der Waals surface area contributed by atoms with E-state index in [0.717, 1.165) is 11.6 Å². The van der Waals surface area contributed by atoms with Crippen molar-refractivity contribution < 1.29 is 24.0 Å². The number of carbonyl (C=O) groups is 3. The number of esters is 1. The molecule has 0 aliphatic heterocycles. The highest BCUT2D eigenvalue weighted by Crippen LogP contribution is 2.13. The average molecular weight is 399 g/mol. The average Bonchev–Trinajstić information content (AvgIpc) is 2.74. The van der Waals surface area contributed by atoms with E-state index < -0.39 is 35.9 Å². The number of nitro benzene ring substituents is 1. The Balaban J connectivity index is 1.70. The van der Waals surface area contributed by atoms with E-state index in [4.69, 9.17) is 4.74 Å². The molecule has 2 N–H and O–H groups in total. The molecule has 0 heterocycles. The van der Waals surface area contributed by atoms with Crippen molar-refractivity contribution in [3.8, 4) is 0 Å².